The third kappa shape index (κ3) is 2.86. The third-order valence-electron chi connectivity index (χ3n) is 2.92. The molecule has 3 nitrogen and oxygen atoms in total. The predicted molar refractivity (Wildman–Crippen MR) is 67.7 cm³/mol. The van der Waals surface area contributed by atoms with Crippen molar-refractivity contribution in [2.75, 3.05) is 13.2 Å². The molecule has 3 heteroatoms. The van der Waals surface area contributed by atoms with Crippen molar-refractivity contribution < 1.29 is 9.53 Å². The Morgan fingerprint density at radius 2 is 2.29 bits per heavy atom. The first-order valence-electron chi connectivity index (χ1n) is 6.19. The predicted octanol–water partition coefficient (Wildman–Crippen LogP) is 2.19. The van der Waals surface area contributed by atoms with Crippen molar-refractivity contribution in [2.24, 2.45) is 0 Å². The van der Waals surface area contributed by atoms with Crippen molar-refractivity contribution in [1.82, 2.24) is 5.32 Å². The molecule has 2 rings (SSSR count). The second kappa shape index (κ2) is 5.32. The molecule has 0 aliphatic carbocycles. The Hall–Kier alpha value is -1.35. The van der Waals surface area contributed by atoms with Crippen molar-refractivity contribution in [3.05, 3.63) is 29.3 Å². The summed E-state index contributed by atoms with van der Waals surface area (Å²) >= 11 is 0. The zero-order valence-corrected chi connectivity index (χ0v) is 10.5. The lowest BCUT2D eigenvalue weighted by molar-refractivity contribution is 0.0979. The van der Waals surface area contributed by atoms with Gasteiger partial charge in [-0.05, 0) is 11.6 Å². The van der Waals surface area contributed by atoms with Crippen molar-refractivity contribution >= 4 is 5.78 Å². The van der Waals surface area contributed by atoms with Crippen molar-refractivity contribution in [1.29, 1.82) is 0 Å². The van der Waals surface area contributed by atoms with Gasteiger partial charge in [-0.3, -0.25) is 4.79 Å². The molecular weight excluding hydrogens is 214 g/mol. The van der Waals surface area contributed by atoms with E-state index >= 15 is 0 Å². The largest absolute Gasteiger partial charge is 0.492 e. The van der Waals surface area contributed by atoms with Crippen LogP contribution in [0.25, 0.3) is 0 Å². The molecule has 0 saturated heterocycles. The van der Waals surface area contributed by atoms with Gasteiger partial charge >= 0.3 is 0 Å². The van der Waals surface area contributed by atoms with Crippen LogP contribution in [0.1, 0.15) is 36.2 Å². The average molecular weight is 233 g/mol. The highest BCUT2D eigenvalue weighted by Gasteiger charge is 2.19. The van der Waals surface area contributed by atoms with E-state index in [0.717, 1.165) is 29.8 Å². The number of carbonyl (C=O) groups excluding carboxylic acids is 1. The highest BCUT2D eigenvalue weighted by Crippen LogP contribution is 2.30. The Bertz CT molecular complexity index is 413. The quantitative estimate of drug-likeness (QED) is 0.792. The minimum atomic E-state index is 0.164. The minimum Gasteiger partial charge on any atom is -0.492 e. The van der Waals surface area contributed by atoms with E-state index in [1.807, 2.05) is 18.2 Å². The Morgan fingerprint density at radius 3 is 3.06 bits per heavy atom. The molecule has 0 atom stereocenters. The van der Waals surface area contributed by atoms with Gasteiger partial charge in [0.2, 0.25) is 0 Å². The zero-order chi connectivity index (χ0) is 12.3. The number of ether oxygens (including phenoxy) is 1. The molecule has 0 amide bonds. The van der Waals surface area contributed by atoms with E-state index in [0.29, 0.717) is 19.1 Å². The highest BCUT2D eigenvalue weighted by molar-refractivity contribution is 5.99. The fourth-order valence-electron chi connectivity index (χ4n) is 2.04. The molecular formula is C14H19NO2. The second-order valence-corrected chi connectivity index (χ2v) is 4.67. The monoisotopic (exact) mass is 233 g/mol. The summed E-state index contributed by atoms with van der Waals surface area (Å²) < 4.78 is 5.54. The van der Waals surface area contributed by atoms with Gasteiger partial charge in [0.25, 0.3) is 0 Å². The smallest absolute Gasteiger partial charge is 0.167 e. The Kier molecular flexibility index (Phi) is 3.79. The van der Waals surface area contributed by atoms with Crippen LogP contribution in [0.15, 0.2) is 18.2 Å². The molecule has 1 aromatic carbocycles. The molecule has 0 aromatic heterocycles. The van der Waals surface area contributed by atoms with Crippen LogP contribution < -0.4 is 10.1 Å². The summed E-state index contributed by atoms with van der Waals surface area (Å²) in [6.07, 6.45) is 1.44. The average Bonchev–Trinajstić information content (AvgIpc) is 2.75. The first kappa shape index (κ1) is 12.1. The topological polar surface area (TPSA) is 38.3 Å². The number of hydrogen-bond donors (Lipinski definition) is 1. The van der Waals surface area contributed by atoms with E-state index in [1.54, 1.807) is 0 Å². The number of nitrogens with one attached hydrogen (secondary N) is 1. The lowest BCUT2D eigenvalue weighted by Crippen LogP contribution is -2.25. The van der Waals surface area contributed by atoms with Crippen LogP contribution in [0.3, 0.4) is 0 Å². The number of benzene rings is 1. The normalized spacial score (nSPS) is 13.6. The lowest BCUT2D eigenvalue weighted by atomic mass is 10.0. The number of ketones is 1. The number of carbonyl (C=O) groups is 1. The molecule has 92 valence electrons. The van der Waals surface area contributed by atoms with E-state index in [9.17, 15) is 4.79 Å². The van der Waals surface area contributed by atoms with Gasteiger partial charge in [-0.1, -0.05) is 26.0 Å². The Morgan fingerprint density at radius 1 is 1.47 bits per heavy atom. The van der Waals surface area contributed by atoms with Gasteiger partial charge in [-0.15, -0.1) is 0 Å². The van der Waals surface area contributed by atoms with E-state index in [2.05, 4.69) is 19.2 Å². The van der Waals surface area contributed by atoms with Gasteiger partial charge in [0.05, 0.1) is 12.2 Å². The molecule has 1 N–H and O–H groups in total. The van der Waals surface area contributed by atoms with E-state index in [4.69, 9.17) is 4.74 Å². The summed E-state index contributed by atoms with van der Waals surface area (Å²) in [5.74, 6) is 0.971. The number of Topliss-reactive ketones (excluding diaryl/α,β-unsaturated/α-hetero) is 1. The first-order chi connectivity index (χ1) is 8.18. The first-order valence-corrected chi connectivity index (χ1v) is 6.19. The second-order valence-electron chi connectivity index (χ2n) is 4.67. The number of fused-ring (bicyclic) bond motifs is 1. The van der Waals surface area contributed by atoms with Gasteiger partial charge in [0.15, 0.2) is 5.78 Å². The minimum absolute atomic E-state index is 0.164. The standard InChI is InChI=1S/C14H19NO2/c1-10(2)15-8-6-13(16)12-5-3-4-11-7-9-17-14(11)12/h3-5,10,15H,6-9H2,1-2H3. The number of para-hydroxylation sites is 1. The Labute approximate surface area is 102 Å². The Balaban J connectivity index is 2.02. The fraction of sp³-hybridized carbons (Fsp3) is 0.500. The maximum atomic E-state index is 12.1. The number of hydrogen-bond acceptors (Lipinski definition) is 3. The summed E-state index contributed by atoms with van der Waals surface area (Å²) in [4.78, 5) is 12.1. The van der Waals surface area contributed by atoms with Crippen LogP contribution in [0.2, 0.25) is 0 Å². The summed E-state index contributed by atoms with van der Waals surface area (Å²) in [6, 6.07) is 6.25. The molecule has 0 saturated carbocycles. The molecule has 0 radical (unpaired) electrons. The van der Waals surface area contributed by atoms with Gasteiger partial charge in [0, 0.05) is 25.4 Å². The molecule has 0 bridgehead atoms. The van der Waals surface area contributed by atoms with E-state index in [-0.39, 0.29) is 5.78 Å². The fourth-order valence-corrected chi connectivity index (χ4v) is 2.04. The van der Waals surface area contributed by atoms with Crippen LogP contribution in [0.5, 0.6) is 5.75 Å². The molecule has 1 aromatic rings. The van der Waals surface area contributed by atoms with E-state index < -0.39 is 0 Å². The summed E-state index contributed by atoms with van der Waals surface area (Å²) in [6.45, 7) is 5.58. The molecule has 0 spiro atoms. The molecule has 1 heterocycles. The van der Waals surface area contributed by atoms with Gasteiger partial charge in [-0.2, -0.15) is 0 Å². The van der Waals surface area contributed by atoms with Gasteiger partial charge in [0.1, 0.15) is 5.75 Å². The maximum Gasteiger partial charge on any atom is 0.167 e. The highest BCUT2D eigenvalue weighted by atomic mass is 16.5. The molecule has 1 aliphatic heterocycles. The zero-order valence-electron chi connectivity index (χ0n) is 10.5. The molecule has 0 unspecified atom stereocenters. The van der Waals surface area contributed by atoms with Crippen LogP contribution >= 0.6 is 0 Å². The third-order valence-corrected chi connectivity index (χ3v) is 2.92. The van der Waals surface area contributed by atoms with E-state index in [1.165, 1.54) is 0 Å². The van der Waals surface area contributed by atoms with Crippen LogP contribution in [0, 0.1) is 0 Å². The van der Waals surface area contributed by atoms with Crippen LogP contribution in [-0.2, 0) is 6.42 Å². The summed E-state index contributed by atoms with van der Waals surface area (Å²) in [7, 11) is 0. The SMILES string of the molecule is CC(C)NCCC(=O)c1cccc2c1OCC2. The van der Waals surface area contributed by atoms with Crippen LogP contribution in [-0.4, -0.2) is 25.0 Å². The van der Waals surface area contributed by atoms with Crippen molar-refractivity contribution in [2.45, 2.75) is 32.7 Å². The molecule has 0 fully saturated rings. The summed E-state index contributed by atoms with van der Waals surface area (Å²) in [5.41, 5.74) is 1.90. The maximum absolute atomic E-state index is 12.1. The van der Waals surface area contributed by atoms with Crippen LogP contribution in [0.4, 0.5) is 0 Å². The lowest BCUT2D eigenvalue weighted by Gasteiger charge is -2.09. The molecule has 1 aliphatic rings. The van der Waals surface area contributed by atoms with Gasteiger partial charge < -0.3 is 10.1 Å². The van der Waals surface area contributed by atoms with Gasteiger partial charge in [-0.25, -0.2) is 0 Å². The van der Waals surface area contributed by atoms with Crippen molar-refractivity contribution in [3.8, 4) is 5.75 Å². The molecule has 17 heavy (non-hydrogen) atoms. The van der Waals surface area contributed by atoms with Crippen molar-refractivity contribution in [3.63, 3.8) is 0 Å². The summed E-state index contributed by atoms with van der Waals surface area (Å²) in [5, 5.41) is 3.25. The number of rotatable bonds is 5.